The molecular formula is C10H13N3O4S. The highest BCUT2D eigenvalue weighted by molar-refractivity contribution is 7.91. The van der Waals surface area contributed by atoms with E-state index in [2.05, 4.69) is 10.3 Å². The Morgan fingerprint density at radius 3 is 2.94 bits per heavy atom. The van der Waals surface area contributed by atoms with Crippen LogP contribution in [0.1, 0.15) is 6.42 Å². The van der Waals surface area contributed by atoms with E-state index < -0.39 is 25.5 Å². The maximum absolute atomic E-state index is 12.1. The molecule has 0 bridgehead atoms. The molecule has 1 aromatic rings. The lowest BCUT2D eigenvalue weighted by Crippen LogP contribution is -2.20. The highest BCUT2D eigenvalue weighted by Crippen LogP contribution is 2.24. The van der Waals surface area contributed by atoms with E-state index in [0.717, 1.165) is 19.0 Å². The largest absolute Gasteiger partial charge is 0.316 e. The third-order valence-electron chi connectivity index (χ3n) is 2.86. The predicted octanol–water partition coefficient (Wildman–Crippen LogP) is 0.373. The van der Waals surface area contributed by atoms with Crippen LogP contribution in [-0.4, -0.2) is 37.2 Å². The van der Waals surface area contributed by atoms with Crippen molar-refractivity contribution >= 4 is 15.5 Å². The molecule has 2 rings (SSSR count). The summed E-state index contributed by atoms with van der Waals surface area (Å²) in [6.45, 7) is 1.41. The third kappa shape index (κ3) is 2.65. The van der Waals surface area contributed by atoms with Crippen LogP contribution in [0.5, 0.6) is 0 Å². The normalized spacial score (nSPS) is 19.9. The van der Waals surface area contributed by atoms with Crippen molar-refractivity contribution in [2.75, 3.05) is 18.8 Å². The lowest BCUT2D eigenvalue weighted by Gasteiger charge is -2.08. The molecule has 1 saturated heterocycles. The molecule has 0 aliphatic carbocycles. The summed E-state index contributed by atoms with van der Waals surface area (Å²) in [6, 6.07) is 2.51. The second-order valence-electron chi connectivity index (χ2n) is 4.23. The number of hydrogen-bond acceptors (Lipinski definition) is 6. The Morgan fingerprint density at radius 2 is 2.33 bits per heavy atom. The van der Waals surface area contributed by atoms with Crippen molar-refractivity contribution in [3.63, 3.8) is 0 Å². The van der Waals surface area contributed by atoms with Gasteiger partial charge in [-0.1, -0.05) is 0 Å². The van der Waals surface area contributed by atoms with Gasteiger partial charge >= 0.3 is 5.69 Å². The van der Waals surface area contributed by atoms with Gasteiger partial charge in [0.15, 0.2) is 0 Å². The number of hydrogen-bond donors (Lipinski definition) is 1. The zero-order valence-corrected chi connectivity index (χ0v) is 10.4. The minimum atomic E-state index is -3.71. The molecule has 1 N–H and O–H groups in total. The average Bonchev–Trinajstić information content (AvgIpc) is 2.81. The van der Waals surface area contributed by atoms with Gasteiger partial charge in [0.2, 0.25) is 14.9 Å². The maximum atomic E-state index is 12.1. The van der Waals surface area contributed by atoms with Gasteiger partial charge in [0.1, 0.15) is 0 Å². The Balaban J connectivity index is 2.31. The smallest absolute Gasteiger partial charge is 0.306 e. The molecule has 1 aliphatic heterocycles. The average molecular weight is 271 g/mol. The molecule has 1 unspecified atom stereocenters. The van der Waals surface area contributed by atoms with Crippen LogP contribution in [0.4, 0.5) is 5.69 Å². The van der Waals surface area contributed by atoms with Crippen LogP contribution < -0.4 is 5.32 Å². The molecule has 1 aliphatic rings. The summed E-state index contributed by atoms with van der Waals surface area (Å²) in [7, 11) is -3.71. The highest BCUT2D eigenvalue weighted by Gasteiger charge is 2.30. The molecule has 1 fully saturated rings. The van der Waals surface area contributed by atoms with Crippen LogP contribution in [0, 0.1) is 16.0 Å². The summed E-state index contributed by atoms with van der Waals surface area (Å²) in [5, 5.41) is 13.4. The molecule has 1 aromatic heterocycles. The van der Waals surface area contributed by atoms with E-state index >= 15 is 0 Å². The summed E-state index contributed by atoms with van der Waals surface area (Å²) in [6.07, 6.45) is 2.02. The molecule has 98 valence electrons. The van der Waals surface area contributed by atoms with Crippen molar-refractivity contribution < 1.29 is 13.3 Å². The molecule has 8 heteroatoms. The molecule has 7 nitrogen and oxygen atoms in total. The lowest BCUT2D eigenvalue weighted by atomic mass is 10.2. The predicted molar refractivity (Wildman–Crippen MR) is 63.9 cm³/mol. The molecule has 1 atom stereocenters. The highest BCUT2D eigenvalue weighted by atomic mass is 32.2. The number of pyridine rings is 1. The third-order valence-corrected chi connectivity index (χ3v) is 4.67. The topological polar surface area (TPSA) is 102 Å². The van der Waals surface area contributed by atoms with Crippen molar-refractivity contribution in [2.24, 2.45) is 5.92 Å². The molecule has 0 aromatic carbocycles. The fourth-order valence-electron chi connectivity index (χ4n) is 2.01. The van der Waals surface area contributed by atoms with Crippen LogP contribution in [0.25, 0.3) is 0 Å². The first-order valence-corrected chi connectivity index (χ1v) is 7.19. The molecule has 0 radical (unpaired) electrons. The molecule has 0 spiro atoms. The van der Waals surface area contributed by atoms with Gasteiger partial charge in [0, 0.05) is 12.3 Å². The fourth-order valence-corrected chi connectivity index (χ4v) is 3.75. The quantitative estimate of drug-likeness (QED) is 0.627. The Labute approximate surface area is 104 Å². The van der Waals surface area contributed by atoms with Gasteiger partial charge in [0.05, 0.1) is 10.7 Å². The number of nitro groups is 1. The van der Waals surface area contributed by atoms with E-state index in [1.807, 2.05) is 0 Å². The lowest BCUT2D eigenvalue weighted by molar-refractivity contribution is -0.388. The molecule has 0 amide bonds. The van der Waals surface area contributed by atoms with Crippen molar-refractivity contribution in [1.82, 2.24) is 10.3 Å². The van der Waals surface area contributed by atoms with E-state index in [4.69, 9.17) is 0 Å². The fraction of sp³-hybridized carbons (Fsp3) is 0.500. The number of rotatable bonds is 4. The zero-order valence-electron chi connectivity index (χ0n) is 9.57. The Morgan fingerprint density at radius 1 is 1.56 bits per heavy atom. The van der Waals surface area contributed by atoms with Crippen LogP contribution in [0.15, 0.2) is 23.4 Å². The zero-order chi connectivity index (χ0) is 13.2. The van der Waals surface area contributed by atoms with Gasteiger partial charge in [-0.05, 0) is 31.5 Å². The van der Waals surface area contributed by atoms with Crippen molar-refractivity contribution in [2.45, 2.75) is 11.4 Å². The van der Waals surface area contributed by atoms with Gasteiger partial charge in [-0.25, -0.2) is 13.4 Å². The second kappa shape index (κ2) is 4.99. The Kier molecular flexibility index (Phi) is 3.58. The number of sulfone groups is 1. The Hall–Kier alpha value is -1.54. The van der Waals surface area contributed by atoms with E-state index in [9.17, 15) is 18.5 Å². The maximum Gasteiger partial charge on any atom is 0.306 e. The first-order chi connectivity index (χ1) is 8.50. The van der Waals surface area contributed by atoms with Crippen LogP contribution in [-0.2, 0) is 9.84 Å². The monoisotopic (exact) mass is 271 g/mol. The minimum Gasteiger partial charge on any atom is -0.316 e. The summed E-state index contributed by atoms with van der Waals surface area (Å²) in [5.74, 6) is -0.102. The SMILES string of the molecule is O=[N+]([O-])c1cccnc1S(=O)(=O)CC1CCNC1. The van der Waals surface area contributed by atoms with E-state index in [0.29, 0.717) is 6.54 Å². The Bertz CT molecular complexity index is 552. The first kappa shape index (κ1) is 12.9. The van der Waals surface area contributed by atoms with Gasteiger partial charge in [-0.2, -0.15) is 0 Å². The summed E-state index contributed by atoms with van der Waals surface area (Å²) in [5.41, 5.74) is -0.455. The van der Waals surface area contributed by atoms with Gasteiger partial charge in [-0.3, -0.25) is 10.1 Å². The summed E-state index contributed by atoms with van der Waals surface area (Å²) in [4.78, 5) is 13.7. The molecule has 0 saturated carbocycles. The van der Waals surface area contributed by atoms with Crippen LogP contribution in [0.3, 0.4) is 0 Å². The van der Waals surface area contributed by atoms with Gasteiger partial charge in [-0.15, -0.1) is 0 Å². The number of aromatic nitrogens is 1. The molecule has 2 heterocycles. The summed E-state index contributed by atoms with van der Waals surface area (Å²) >= 11 is 0. The number of nitrogens with one attached hydrogen (secondary N) is 1. The van der Waals surface area contributed by atoms with Crippen LogP contribution in [0.2, 0.25) is 0 Å². The van der Waals surface area contributed by atoms with Crippen molar-refractivity contribution in [3.8, 4) is 0 Å². The number of nitrogens with zero attached hydrogens (tertiary/aromatic N) is 2. The van der Waals surface area contributed by atoms with E-state index in [1.165, 1.54) is 12.3 Å². The molecular weight excluding hydrogens is 258 g/mol. The minimum absolute atomic E-state index is 0.00314. The van der Waals surface area contributed by atoms with E-state index in [1.54, 1.807) is 0 Å². The first-order valence-electron chi connectivity index (χ1n) is 5.53. The van der Waals surface area contributed by atoms with E-state index in [-0.39, 0.29) is 11.7 Å². The summed E-state index contributed by atoms with van der Waals surface area (Å²) < 4.78 is 24.2. The van der Waals surface area contributed by atoms with Crippen molar-refractivity contribution in [3.05, 3.63) is 28.4 Å². The molecule has 18 heavy (non-hydrogen) atoms. The van der Waals surface area contributed by atoms with Crippen LogP contribution >= 0.6 is 0 Å². The van der Waals surface area contributed by atoms with Crippen molar-refractivity contribution in [1.29, 1.82) is 0 Å². The standard InChI is InChI=1S/C10H13N3O4S/c14-13(15)9-2-1-4-12-10(9)18(16,17)7-8-3-5-11-6-8/h1-2,4,8,11H,3,5-7H2. The van der Waals surface area contributed by atoms with Gasteiger partial charge < -0.3 is 5.32 Å². The second-order valence-corrected chi connectivity index (χ2v) is 6.17. The van der Waals surface area contributed by atoms with Gasteiger partial charge in [0.25, 0.3) is 0 Å².